The second-order valence-electron chi connectivity index (χ2n) is 2.56. The van der Waals surface area contributed by atoms with Crippen molar-refractivity contribution in [2.75, 3.05) is 6.79 Å². The first-order valence-corrected chi connectivity index (χ1v) is 3.80. The van der Waals surface area contributed by atoms with E-state index >= 15 is 0 Å². The molecule has 0 spiro atoms. The van der Waals surface area contributed by atoms with E-state index in [-0.39, 0.29) is 12.4 Å². The number of azide groups is 1. The van der Waals surface area contributed by atoms with Crippen LogP contribution in [0.4, 0.5) is 0 Å². The van der Waals surface area contributed by atoms with Crippen LogP contribution in [0.1, 0.15) is 10.4 Å². The number of hydrogen-bond donors (Lipinski definition) is 0. The number of rotatable bonds is 1. The van der Waals surface area contributed by atoms with E-state index < -0.39 is 5.91 Å². The van der Waals surface area contributed by atoms with Crippen molar-refractivity contribution in [3.63, 3.8) is 0 Å². The Labute approximate surface area is 78.7 Å². The molecule has 0 unspecified atom stereocenters. The van der Waals surface area contributed by atoms with Gasteiger partial charge in [0, 0.05) is 10.5 Å². The van der Waals surface area contributed by atoms with Gasteiger partial charge in [0.15, 0.2) is 11.5 Å². The number of fused-ring (bicyclic) bond motifs is 1. The number of amides is 1. The van der Waals surface area contributed by atoms with Crippen molar-refractivity contribution >= 4 is 5.91 Å². The van der Waals surface area contributed by atoms with Crippen LogP contribution in [0.3, 0.4) is 0 Å². The molecule has 1 aromatic rings. The molecular formula is C8H5N3O3. The highest BCUT2D eigenvalue weighted by Gasteiger charge is 2.15. The average molecular weight is 191 g/mol. The van der Waals surface area contributed by atoms with E-state index in [4.69, 9.17) is 15.0 Å². The van der Waals surface area contributed by atoms with Gasteiger partial charge in [-0.1, -0.05) is 0 Å². The summed E-state index contributed by atoms with van der Waals surface area (Å²) in [7, 11) is 0. The SMILES string of the molecule is [N-]=[N+]=NC(=O)c1ccc2c(c1)OCO2. The van der Waals surface area contributed by atoms with Gasteiger partial charge in [0.05, 0.1) is 0 Å². The maximum absolute atomic E-state index is 11.1. The van der Waals surface area contributed by atoms with E-state index in [0.29, 0.717) is 11.5 Å². The summed E-state index contributed by atoms with van der Waals surface area (Å²) < 4.78 is 10.1. The molecule has 0 atom stereocenters. The van der Waals surface area contributed by atoms with E-state index in [0.717, 1.165) is 0 Å². The van der Waals surface area contributed by atoms with Crippen molar-refractivity contribution in [1.29, 1.82) is 0 Å². The van der Waals surface area contributed by atoms with Gasteiger partial charge in [-0.2, -0.15) is 0 Å². The molecular weight excluding hydrogens is 186 g/mol. The lowest BCUT2D eigenvalue weighted by Gasteiger charge is -1.97. The zero-order valence-electron chi connectivity index (χ0n) is 7.01. The lowest BCUT2D eigenvalue weighted by atomic mass is 10.2. The summed E-state index contributed by atoms with van der Waals surface area (Å²) in [6, 6.07) is 4.60. The molecule has 70 valence electrons. The van der Waals surface area contributed by atoms with Crippen molar-refractivity contribution < 1.29 is 14.3 Å². The Bertz CT molecular complexity index is 437. The maximum atomic E-state index is 11.1. The maximum Gasteiger partial charge on any atom is 0.249 e. The second-order valence-corrected chi connectivity index (χ2v) is 2.56. The van der Waals surface area contributed by atoms with Crippen LogP contribution in [0.15, 0.2) is 23.3 Å². The van der Waals surface area contributed by atoms with Gasteiger partial charge >= 0.3 is 0 Å². The number of ether oxygens (including phenoxy) is 2. The number of benzene rings is 1. The minimum atomic E-state index is -0.634. The predicted octanol–water partition coefficient (Wildman–Crippen LogP) is 1.87. The van der Waals surface area contributed by atoms with Crippen molar-refractivity contribution in [1.82, 2.24) is 0 Å². The first-order valence-electron chi connectivity index (χ1n) is 3.80. The van der Waals surface area contributed by atoms with Gasteiger partial charge < -0.3 is 9.47 Å². The third-order valence-electron chi connectivity index (χ3n) is 1.76. The summed E-state index contributed by atoms with van der Waals surface area (Å²) in [5, 5.41) is 2.97. The van der Waals surface area contributed by atoms with Gasteiger partial charge in [0.2, 0.25) is 12.7 Å². The zero-order chi connectivity index (χ0) is 9.97. The highest BCUT2D eigenvalue weighted by molar-refractivity contribution is 5.95. The molecule has 0 bridgehead atoms. The molecule has 1 amide bonds. The van der Waals surface area contributed by atoms with Crippen LogP contribution >= 0.6 is 0 Å². The van der Waals surface area contributed by atoms with Crippen LogP contribution in [0, 0.1) is 0 Å². The Kier molecular flexibility index (Phi) is 1.96. The Hall–Kier alpha value is -2.20. The standard InChI is InChI=1S/C8H5N3O3/c9-11-10-8(12)5-1-2-6-7(3-5)14-4-13-6/h1-3H,4H2. The van der Waals surface area contributed by atoms with Gasteiger partial charge in [-0.3, -0.25) is 4.79 Å². The quantitative estimate of drug-likeness (QED) is 0.385. The molecule has 0 aliphatic carbocycles. The normalized spacial score (nSPS) is 12.0. The molecule has 0 saturated heterocycles. The third-order valence-corrected chi connectivity index (χ3v) is 1.76. The fraction of sp³-hybridized carbons (Fsp3) is 0.125. The molecule has 1 heterocycles. The predicted molar refractivity (Wildman–Crippen MR) is 46.0 cm³/mol. The first kappa shape index (κ1) is 8.40. The molecule has 1 aromatic carbocycles. The average Bonchev–Trinajstić information content (AvgIpc) is 2.64. The molecule has 14 heavy (non-hydrogen) atoms. The number of carbonyl (C=O) groups is 1. The molecule has 0 fully saturated rings. The highest BCUT2D eigenvalue weighted by atomic mass is 16.7. The number of carbonyl (C=O) groups excluding carboxylic acids is 1. The monoisotopic (exact) mass is 191 g/mol. The van der Waals surface area contributed by atoms with Gasteiger partial charge in [-0.15, -0.1) is 0 Å². The molecule has 0 radical (unpaired) electrons. The van der Waals surface area contributed by atoms with Gasteiger partial charge in [-0.05, 0) is 28.8 Å². The van der Waals surface area contributed by atoms with E-state index in [1.807, 2.05) is 0 Å². The van der Waals surface area contributed by atoms with Crippen molar-refractivity contribution in [2.24, 2.45) is 5.11 Å². The van der Waals surface area contributed by atoms with Crippen LogP contribution in [-0.4, -0.2) is 12.7 Å². The Morgan fingerprint density at radius 1 is 1.43 bits per heavy atom. The Morgan fingerprint density at radius 2 is 2.21 bits per heavy atom. The highest BCUT2D eigenvalue weighted by Crippen LogP contribution is 2.32. The summed E-state index contributed by atoms with van der Waals surface area (Å²) in [5.74, 6) is 0.442. The number of hydrogen-bond acceptors (Lipinski definition) is 3. The first-order chi connectivity index (χ1) is 6.81. The molecule has 0 saturated carbocycles. The van der Waals surface area contributed by atoms with E-state index in [1.165, 1.54) is 12.1 Å². The van der Waals surface area contributed by atoms with Crippen LogP contribution in [0.5, 0.6) is 11.5 Å². The van der Waals surface area contributed by atoms with Gasteiger partial charge in [0.1, 0.15) is 0 Å². The Balaban J connectivity index is 2.37. The largest absolute Gasteiger partial charge is 0.454 e. The molecule has 6 heteroatoms. The van der Waals surface area contributed by atoms with Crippen LogP contribution in [0.2, 0.25) is 0 Å². The van der Waals surface area contributed by atoms with Crippen LogP contribution < -0.4 is 9.47 Å². The lowest BCUT2D eigenvalue weighted by molar-refractivity contribution is 0.1000. The third kappa shape index (κ3) is 1.34. The minimum absolute atomic E-state index is 0.147. The molecule has 0 N–H and O–H groups in total. The Morgan fingerprint density at radius 3 is 3.00 bits per heavy atom. The zero-order valence-corrected chi connectivity index (χ0v) is 7.01. The molecule has 0 aromatic heterocycles. The van der Waals surface area contributed by atoms with Gasteiger partial charge in [-0.25, -0.2) is 0 Å². The summed E-state index contributed by atoms with van der Waals surface area (Å²) in [4.78, 5) is 13.5. The van der Waals surface area contributed by atoms with Crippen molar-refractivity contribution in [2.45, 2.75) is 0 Å². The fourth-order valence-corrected chi connectivity index (χ4v) is 1.13. The summed E-state index contributed by atoms with van der Waals surface area (Å²) >= 11 is 0. The summed E-state index contributed by atoms with van der Waals surface area (Å²) in [6.45, 7) is 0.147. The summed E-state index contributed by atoms with van der Waals surface area (Å²) in [6.07, 6.45) is 0. The molecule has 1 aliphatic rings. The summed E-state index contributed by atoms with van der Waals surface area (Å²) in [5.41, 5.74) is 8.36. The van der Waals surface area contributed by atoms with Crippen LogP contribution in [0.25, 0.3) is 10.4 Å². The van der Waals surface area contributed by atoms with Crippen molar-refractivity contribution in [3.8, 4) is 11.5 Å². The number of nitrogens with zero attached hydrogens (tertiary/aromatic N) is 3. The van der Waals surface area contributed by atoms with Crippen LogP contribution in [-0.2, 0) is 0 Å². The van der Waals surface area contributed by atoms with Gasteiger partial charge in [0.25, 0.3) is 0 Å². The fourth-order valence-electron chi connectivity index (χ4n) is 1.13. The second kappa shape index (κ2) is 3.27. The molecule has 6 nitrogen and oxygen atoms in total. The molecule has 1 aliphatic heterocycles. The lowest BCUT2D eigenvalue weighted by Crippen LogP contribution is -1.93. The van der Waals surface area contributed by atoms with E-state index in [9.17, 15) is 4.79 Å². The smallest absolute Gasteiger partial charge is 0.249 e. The van der Waals surface area contributed by atoms with E-state index in [1.54, 1.807) is 6.07 Å². The van der Waals surface area contributed by atoms with Crippen molar-refractivity contribution in [3.05, 3.63) is 34.2 Å². The van der Waals surface area contributed by atoms with E-state index in [2.05, 4.69) is 10.0 Å². The topological polar surface area (TPSA) is 84.3 Å². The minimum Gasteiger partial charge on any atom is -0.454 e. The molecule has 2 rings (SSSR count).